The van der Waals surface area contributed by atoms with Crippen molar-refractivity contribution >= 4 is 50.1 Å². The van der Waals surface area contributed by atoms with Gasteiger partial charge in [0.1, 0.15) is 31.3 Å². The molecule has 3 aromatic carbocycles. The van der Waals surface area contributed by atoms with Gasteiger partial charge in [-0.15, -0.1) is 0 Å². The van der Waals surface area contributed by atoms with E-state index >= 15 is 0 Å². The number of benzene rings is 3. The third-order valence-electron chi connectivity index (χ3n) is 11.0. The summed E-state index contributed by atoms with van der Waals surface area (Å²) in [4.78, 5) is 22.7. The van der Waals surface area contributed by atoms with E-state index in [2.05, 4.69) is 26.3 Å². The van der Waals surface area contributed by atoms with Crippen molar-refractivity contribution in [2.75, 3.05) is 46.4 Å². The zero-order chi connectivity index (χ0) is 42.8. The topological polar surface area (TPSA) is 120 Å². The number of hydrogen-bond donors (Lipinski definition) is 1. The third-order valence-corrected chi connectivity index (χ3v) is 12.2. The Morgan fingerprint density at radius 2 is 1.77 bits per heavy atom. The molecule has 1 atom stereocenters. The number of ether oxygens (including phenoxy) is 3. The average Bonchev–Trinajstić information content (AvgIpc) is 3.97. The van der Waals surface area contributed by atoms with Crippen LogP contribution in [0.3, 0.4) is 0 Å². The number of piperazine rings is 1. The van der Waals surface area contributed by atoms with Gasteiger partial charge >= 0.3 is 12.1 Å². The molecule has 7 aromatic rings. The molecule has 0 radical (unpaired) electrons. The van der Waals surface area contributed by atoms with E-state index in [-0.39, 0.29) is 24.6 Å². The van der Waals surface area contributed by atoms with Gasteiger partial charge < -0.3 is 28.8 Å². The van der Waals surface area contributed by atoms with Crippen molar-refractivity contribution in [3.63, 3.8) is 0 Å². The molecule has 318 valence electrons. The summed E-state index contributed by atoms with van der Waals surface area (Å²) in [5.74, 6) is -0.301. The molecule has 1 N–H and O–H groups in total. The highest BCUT2D eigenvalue weighted by molar-refractivity contribution is 7.13. The van der Waals surface area contributed by atoms with Crippen molar-refractivity contribution in [1.82, 2.24) is 33.5 Å². The third kappa shape index (κ3) is 9.17. The molecule has 0 aliphatic carbocycles. The van der Waals surface area contributed by atoms with Crippen LogP contribution in [-0.4, -0.2) is 103 Å². The zero-order valence-electron chi connectivity index (χ0n) is 33.7. The van der Waals surface area contributed by atoms with Crippen molar-refractivity contribution in [3.8, 4) is 39.8 Å². The van der Waals surface area contributed by atoms with Crippen LogP contribution in [0, 0.1) is 6.92 Å². The number of rotatable bonds is 15. The standard InChI is InChI=1S/C44H43ClF3N7O5S/c1-27-30(11-12-35(40(27)45)58-22-21-54-19-17-52(2)18-20-54)38-39-37(24-49-41(38)32-8-6-9-33-31(32)14-16-53(33)3)61-51-42(39)60-36(43(56)57)23-28-7-4-5-10-34(28)59-25-29-13-15-50-55(29)26-44(46,47)48/h4-16,24,36H,17-23,25-26H2,1-3H3,(H,56,57)/t36-/m1/s1. The van der Waals surface area contributed by atoms with E-state index in [1.54, 1.807) is 30.5 Å². The first kappa shape index (κ1) is 42.0. The molecule has 0 bridgehead atoms. The first-order valence-electron chi connectivity index (χ1n) is 19.7. The molecule has 4 aromatic heterocycles. The number of aliphatic carboxylic acids is 1. The Balaban J connectivity index is 1.14. The molecule has 1 aliphatic heterocycles. The Morgan fingerprint density at radius 3 is 2.56 bits per heavy atom. The maximum atomic E-state index is 13.2. The molecule has 0 saturated carbocycles. The number of aromatic nitrogens is 5. The highest BCUT2D eigenvalue weighted by atomic mass is 35.5. The van der Waals surface area contributed by atoms with Gasteiger partial charge in [0.25, 0.3) is 0 Å². The summed E-state index contributed by atoms with van der Waals surface area (Å²) in [6, 6.07) is 20.0. The molecule has 12 nitrogen and oxygen atoms in total. The van der Waals surface area contributed by atoms with Gasteiger partial charge in [-0.05, 0) is 72.5 Å². The number of carboxylic acids is 1. The Hall–Kier alpha value is -5.68. The Bertz CT molecular complexity index is 2690. The lowest BCUT2D eigenvalue weighted by atomic mass is 9.92. The largest absolute Gasteiger partial charge is 0.491 e. The summed E-state index contributed by atoms with van der Waals surface area (Å²) >= 11 is 8.25. The summed E-state index contributed by atoms with van der Waals surface area (Å²) in [5.41, 5.74) is 5.32. The first-order valence-corrected chi connectivity index (χ1v) is 20.8. The molecule has 1 aliphatic rings. The molecule has 8 rings (SSSR count). The van der Waals surface area contributed by atoms with Gasteiger partial charge in [-0.2, -0.15) is 22.6 Å². The molecular formula is C44H43ClF3N7O5S. The van der Waals surface area contributed by atoms with Gasteiger partial charge in [0, 0.05) is 86.8 Å². The quantitative estimate of drug-likeness (QED) is 0.107. The van der Waals surface area contributed by atoms with Crippen LogP contribution in [0.15, 0.2) is 85.3 Å². The van der Waals surface area contributed by atoms with Crippen LogP contribution in [0.1, 0.15) is 16.8 Å². The van der Waals surface area contributed by atoms with Crippen molar-refractivity contribution in [3.05, 3.63) is 107 Å². The second-order valence-electron chi connectivity index (χ2n) is 15.1. The lowest BCUT2D eigenvalue weighted by Crippen LogP contribution is -2.45. The van der Waals surface area contributed by atoms with E-state index in [4.69, 9.17) is 30.8 Å². The fraction of sp³-hybridized carbons (Fsp3) is 0.318. The Kier molecular flexibility index (Phi) is 12.2. The highest BCUT2D eigenvalue weighted by Crippen LogP contribution is 2.47. The molecule has 17 heteroatoms. The molecule has 1 saturated heterocycles. The number of likely N-dealkylation sites (N-methyl/N-ethyl adjacent to an activating group) is 1. The van der Waals surface area contributed by atoms with E-state index in [9.17, 15) is 23.1 Å². The fourth-order valence-electron chi connectivity index (χ4n) is 7.64. The summed E-state index contributed by atoms with van der Waals surface area (Å²) in [6.07, 6.45) is -1.08. The number of para-hydroxylation sites is 1. The van der Waals surface area contributed by atoms with Crippen molar-refractivity contribution in [2.45, 2.75) is 38.8 Å². The molecule has 5 heterocycles. The molecule has 61 heavy (non-hydrogen) atoms. The van der Waals surface area contributed by atoms with Crippen LogP contribution in [0.5, 0.6) is 17.4 Å². The number of fused-ring (bicyclic) bond motifs is 2. The monoisotopic (exact) mass is 873 g/mol. The van der Waals surface area contributed by atoms with Crippen molar-refractivity contribution in [2.24, 2.45) is 7.05 Å². The SMILES string of the molecule is Cc1c(-c2c(-c3cccc4c3ccn4C)ncc3snc(O[C@H](Cc4ccccc4OCc4ccnn4CC(F)(F)F)C(=O)O)c23)ccc(OCCN2CCN(C)CC2)c1Cl. The van der Waals surface area contributed by atoms with E-state index < -0.39 is 24.8 Å². The minimum absolute atomic E-state index is 0.101. The fourth-order valence-corrected chi connectivity index (χ4v) is 8.56. The zero-order valence-corrected chi connectivity index (χ0v) is 35.2. The minimum Gasteiger partial charge on any atom is -0.491 e. The lowest BCUT2D eigenvalue weighted by Gasteiger charge is -2.32. The number of alkyl halides is 3. The van der Waals surface area contributed by atoms with Gasteiger partial charge in [-0.1, -0.05) is 48.0 Å². The summed E-state index contributed by atoms with van der Waals surface area (Å²) < 4.78 is 66.2. The predicted octanol–water partition coefficient (Wildman–Crippen LogP) is 8.52. The normalized spacial score (nSPS) is 14.5. The number of pyridine rings is 1. The van der Waals surface area contributed by atoms with E-state index in [0.717, 1.165) is 76.5 Å². The summed E-state index contributed by atoms with van der Waals surface area (Å²) in [5, 5.41) is 16.3. The number of hydrogen-bond acceptors (Lipinski definition) is 10. The number of carbonyl (C=O) groups is 1. The maximum absolute atomic E-state index is 13.2. The van der Waals surface area contributed by atoms with Gasteiger partial charge in [-0.3, -0.25) is 14.6 Å². The Labute approximate surface area is 358 Å². The highest BCUT2D eigenvalue weighted by Gasteiger charge is 2.31. The summed E-state index contributed by atoms with van der Waals surface area (Å²) in [7, 11) is 4.10. The number of aryl methyl sites for hydroxylation is 1. The van der Waals surface area contributed by atoms with Crippen LogP contribution in [0.2, 0.25) is 5.02 Å². The van der Waals surface area contributed by atoms with Crippen molar-refractivity contribution in [1.29, 1.82) is 0 Å². The second-order valence-corrected chi connectivity index (χ2v) is 16.2. The molecular weight excluding hydrogens is 831 g/mol. The van der Waals surface area contributed by atoms with Crippen LogP contribution in [0.25, 0.3) is 43.4 Å². The van der Waals surface area contributed by atoms with Gasteiger partial charge in [0.2, 0.25) is 12.0 Å². The Morgan fingerprint density at radius 1 is 0.967 bits per heavy atom. The molecule has 0 unspecified atom stereocenters. The average molecular weight is 874 g/mol. The van der Waals surface area contributed by atoms with Gasteiger partial charge in [-0.25, -0.2) is 4.79 Å². The van der Waals surface area contributed by atoms with Crippen molar-refractivity contribution < 1.29 is 37.3 Å². The van der Waals surface area contributed by atoms with Crippen LogP contribution >= 0.6 is 23.1 Å². The number of carboxylic acid groups (broad SMARTS) is 1. The first-order chi connectivity index (χ1) is 29.3. The predicted molar refractivity (Wildman–Crippen MR) is 229 cm³/mol. The second kappa shape index (κ2) is 17.7. The molecule has 1 fully saturated rings. The van der Waals surface area contributed by atoms with Gasteiger partial charge in [0.15, 0.2) is 0 Å². The number of halogens is 4. The minimum atomic E-state index is -4.47. The van der Waals surface area contributed by atoms with Crippen LogP contribution in [-0.2, 0) is 31.4 Å². The van der Waals surface area contributed by atoms with Crippen LogP contribution in [0.4, 0.5) is 13.2 Å². The molecule has 0 spiro atoms. The number of nitrogens with zero attached hydrogens (tertiary/aromatic N) is 7. The smallest absolute Gasteiger partial charge is 0.408 e. The van der Waals surface area contributed by atoms with E-state index in [0.29, 0.717) is 50.0 Å². The molecule has 0 amide bonds. The van der Waals surface area contributed by atoms with E-state index in [1.807, 2.05) is 61.1 Å². The maximum Gasteiger partial charge on any atom is 0.408 e. The lowest BCUT2D eigenvalue weighted by molar-refractivity contribution is -0.145. The van der Waals surface area contributed by atoms with Crippen LogP contribution < -0.4 is 14.2 Å². The summed E-state index contributed by atoms with van der Waals surface area (Å²) in [6.45, 7) is 5.65. The van der Waals surface area contributed by atoms with E-state index in [1.165, 1.54) is 12.3 Å². The van der Waals surface area contributed by atoms with Gasteiger partial charge in [0.05, 0.1) is 26.5 Å².